The van der Waals surface area contributed by atoms with Gasteiger partial charge in [0, 0.05) is 13.4 Å². The van der Waals surface area contributed by atoms with Gasteiger partial charge >= 0.3 is 0 Å². The van der Waals surface area contributed by atoms with Crippen molar-refractivity contribution < 1.29 is 13.2 Å². The first-order chi connectivity index (χ1) is 8.33. The molecule has 0 aromatic rings. The molecule has 0 amide bonds. The van der Waals surface area contributed by atoms with E-state index < -0.39 is 9.84 Å². The lowest BCUT2D eigenvalue weighted by molar-refractivity contribution is -0.0797. The van der Waals surface area contributed by atoms with Gasteiger partial charge in [-0.05, 0) is 25.2 Å². The molecule has 0 radical (unpaired) electrons. The van der Waals surface area contributed by atoms with Crippen LogP contribution in [0.5, 0.6) is 0 Å². The predicted molar refractivity (Wildman–Crippen MR) is 72.8 cm³/mol. The number of ether oxygens (including phenoxy) is 1. The average molecular weight is 278 g/mol. The van der Waals surface area contributed by atoms with Crippen molar-refractivity contribution in [3.63, 3.8) is 0 Å². The molecule has 0 aliphatic heterocycles. The van der Waals surface area contributed by atoms with Crippen LogP contribution in [0.2, 0.25) is 0 Å². The molecule has 1 aliphatic rings. The minimum Gasteiger partial charge on any atom is -0.377 e. The van der Waals surface area contributed by atoms with Crippen LogP contribution in [0.15, 0.2) is 0 Å². The second kappa shape index (κ2) is 6.32. The maximum atomic E-state index is 11.3. The van der Waals surface area contributed by atoms with Gasteiger partial charge in [0.05, 0.1) is 17.4 Å². The van der Waals surface area contributed by atoms with Gasteiger partial charge in [-0.15, -0.1) is 0 Å². The van der Waals surface area contributed by atoms with E-state index in [9.17, 15) is 8.42 Å². The second-order valence-electron chi connectivity index (χ2n) is 5.61. The van der Waals surface area contributed by atoms with Crippen LogP contribution in [-0.2, 0) is 14.6 Å². The maximum Gasteiger partial charge on any atom is 0.147 e. The average Bonchev–Trinajstić information content (AvgIpc) is 2.28. The summed E-state index contributed by atoms with van der Waals surface area (Å²) < 4.78 is 28.3. The van der Waals surface area contributed by atoms with Crippen LogP contribution in [0.4, 0.5) is 0 Å². The first-order valence-electron chi connectivity index (χ1n) is 6.52. The Hall–Kier alpha value is -0.170. The molecule has 0 saturated heterocycles. The Balaban J connectivity index is 2.76. The standard InChI is InChI=1S/C12H26N2O3S/c1-10-5-4-7-12(9-10,17-2)11(14-13)6-8-18(3,15)16/h10-11,14H,4-9,13H2,1-3H3. The molecule has 1 fully saturated rings. The Morgan fingerprint density at radius 1 is 1.56 bits per heavy atom. The fourth-order valence-electron chi connectivity index (χ4n) is 3.02. The van der Waals surface area contributed by atoms with Crippen molar-refractivity contribution in [1.29, 1.82) is 0 Å². The molecule has 0 aromatic carbocycles. The normalized spacial score (nSPS) is 31.2. The number of nitrogens with one attached hydrogen (secondary N) is 1. The lowest BCUT2D eigenvalue weighted by Gasteiger charge is -2.44. The highest BCUT2D eigenvalue weighted by Crippen LogP contribution is 2.38. The van der Waals surface area contributed by atoms with Crippen LogP contribution in [0, 0.1) is 5.92 Å². The fourth-order valence-corrected chi connectivity index (χ4v) is 3.68. The highest BCUT2D eigenvalue weighted by molar-refractivity contribution is 7.90. The molecular formula is C12H26N2O3S. The highest BCUT2D eigenvalue weighted by Gasteiger charge is 2.41. The lowest BCUT2D eigenvalue weighted by Crippen LogP contribution is -2.57. The summed E-state index contributed by atoms with van der Waals surface area (Å²) in [6.45, 7) is 2.21. The monoisotopic (exact) mass is 278 g/mol. The summed E-state index contributed by atoms with van der Waals surface area (Å²) in [6, 6.07) is -0.111. The van der Waals surface area contributed by atoms with Crippen molar-refractivity contribution in [3.05, 3.63) is 0 Å². The molecule has 0 aromatic heterocycles. The van der Waals surface area contributed by atoms with Gasteiger partial charge in [0.2, 0.25) is 0 Å². The Morgan fingerprint density at radius 2 is 2.22 bits per heavy atom. The molecule has 3 unspecified atom stereocenters. The van der Waals surface area contributed by atoms with Gasteiger partial charge < -0.3 is 4.74 Å². The van der Waals surface area contributed by atoms with Crippen molar-refractivity contribution in [3.8, 4) is 0 Å². The number of hydrogen-bond donors (Lipinski definition) is 2. The van der Waals surface area contributed by atoms with Crippen LogP contribution in [-0.4, -0.2) is 39.2 Å². The summed E-state index contributed by atoms with van der Waals surface area (Å²) in [4.78, 5) is 0. The van der Waals surface area contributed by atoms with E-state index in [1.807, 2.05) is 0 Å². The van der Waals surface area contributed by atoms with E-state index in [1.165, 1.54) is 12.7 Å². The first kappa shape index (κ1) is 15.9. The maximum absolute atomic E-state index is 11.3. The minimum atomic E-state index is -2.97. The second-order valence-corrected chi connectivity index (χ2v) is 7.87. The van der Waals surface area contributed by atoms with E-state index in [4.69, 9.17) is 10.6 Å². The molecule has 3 atom stereocenters. The quantitative estimate of drug-likeness (QED) is 0.556. The summed E-state index contributed by atoms with van der Waals surface area (Å²) in [5, 5.41) is 0. The predicted octanol–water partition coefficient (Wildman–Crippen LogP) is 0.848. The van der Waals surface area contributed by atoms with Gasteiger partial charge in [-0.25, -0.2) is 8.42 Å². The Kier molecular flexibility index (Phi) is 5.58. The van der Waals surface area contributed by atoms with E-state index in [1.54, 1.807) is 7.11 Å². The van der Waals surface area contributed by atoms with Crippen molar-refractivity contribution in [2.45, 2.75) is 50.7 Å². The van der Waals surface area contributed by atoms with Crippen LogP contribution in [0.1, 0.15) is 39.0 Å². The molecule has 1 saturated carbocycles. The van der Waals surface area contributed by atoms with Crippen LogP contribution >= 0.6 is 0 Å². The number of hydrogen-bond acceptors (Lipinski definition) is 5. The first-order valence-corrected chi connectivity index (χ1v) is 8.58. The minimum absolute atomic E-state index is 0.111. The number of sulfone groups is 1. The summed E-state index contributed by atoms with van der Waals surface area (Å²) in [6.07, 6.45) is 5.93. The Labute approximate surface area is 110 Å². The SMILES string of the molecule is COC1(C(CCS(C)(=O)=O)NN)CCCC(C)C1. The molecule has 5 nitrogen and oxygen atoms in total. The third-order valence-electron chi connectivity index (χ3n) is 4.01. The largest absolute Gasteiger partial charge is 0.377 e. The van der Waals surface area contributed by atoms with E-state index >= 15 is 0 Å². The molecular weight excluding hydrogens is 252 g/mol. The third kappa shape index (κ3) is 4.19. The zero-order valence-corrected chi connectivity index (χ0v) is 12.4. The van der Waals surface area contributed by atoms with Crippen LogP contribution in [0.3, 0.4) is 0 Å². The molecule has 6 heteroatoms. The van der Waals surface area contributed by atoms with E-state index in [0.717, 1.165) is 19.3 Å². The summed E-state index contributed by atoms with van der Waals surface area (Å²) in [5.74, 6) is 6.35. The molecule has 1 aliphatic carbocycles. The van der Waals surface area contributed by atoms with Gasteiger partial charge in [-0.3, -0.25) is 11.3 Å². The van der Waals surface area contributed by atoms with Crippen LogP contribution < -0.4 is 11.3 Å². The summed E-state index contributed by atoms with van der Waals surface area (Å²) in [5.41, 5.74) is 2.44. The van der Waals surface area contributed by atoms with Gasteiger partial charge in [-0.1, -0.05) is 19.8 Å². The van der Waals surface area contributed by atoms with Gasteiger partial charge in [0.15, 0.2) is 0 Å². The van der Waals surface area contributed by atoms with E-state index in [-0.39, 0.29) is 17.4 Å². The van der Waals surface area contributed by atoms with Crippen molar-refractivity contribution >= 4 is 9.84 Å². The molecule has 18 heavy (non-hydrogen) atoms. The van der Waals surface area contributed by atoms with Crippen LogP contribution in [0.25, 0.3) is 0 Å². The summed E-state index contributed by atoms with van der Waals surface area (Å²) in [7, 11) is -1.27. The molecule has 108 valence electrons. The molecule has 0 bridgehead atoms. The number of rotatable bonds is 6. The van der Waals surface area contributed by atoms with Crippen molar-refractivity contribution in [2.24, 2.45) is 11.8 Å². The topological polar surface area (TPSA) is 81.4 Å². The number of hydrazine groups is 1. The Bertz CT molecular complexity index is 358. The number of nitrogens with two attached hydrogens (primary N) is 1. The molecule has 1 rings (SSSR count). The fraction of sp³-hybridized carbons (Fsp3) is 1.00. The smallest absolute Gasteiger partial charge is 0.147 e. The lowest BCUT2D eigenvalue weighted by atomic mass is 9.74. The van der Waals surface area contributed by atoms with Gasteiger partial charge in [0.25, 0.3) is 0 Å². The molecule has 0 heterocycles. The van der Waals surface area contributed by atoms with Crippen molar-refractivity contribution in [2.75, 3.05) is 19.1 Å². The van der Waals surface area contributed by atoms with E-state index in [0.29, 0.717) is 12.3 Å². The molecule has 0 spiro atoms. The number of methoxy groups -OCH3 is 1. The van der Waals surface area contributed by atoms with Gasteiger partial charge in [0.1, 0.15) is 9.84 Å². The summed E-state index contributed by atoms with van der Waals surface area (Å²) >= 11 is 0. The zero-order chi connectivity index (χ0) is 13.8. The van der Waals surface area contributed by atoms with E-state index in [2.05, 4.69) is 12.3 Å². The highest BCUT2D eigenvalue weighted by atomic mass is 32.2. The zero-order valence-electron chi connectivity index (χ0n) is 11.6. The Morgan fingerprint density at radius 3 is 2.67 bits per heavy atom. The van der Waals surface area contributed by atoms with Crippen molar-refractivity contribution in [1.82, 2.24) is 5.43 Å². The van der Waals surface area contributed by atoms with Gasteiger partial charge in [-0.2, -0.15) is 0 Å². The molecule has 3 N–H and O–H groups in total. The third-order valence-corrected chi connectivity index (χ3v) is 4.99.